The predicted molar refractivity (Wildman–Crippen MR) is 97.3 cm³/mol. The van der Waals surface area contributed by atoms with Gasteiger partial charge in [0.1, 0.15) is 5.03 Å². The van der Waals surface area contributed by atoms with Gasteiger partial charge in [0.15, 0.2) is 0 Å². The molecule has 23 heavy (non-hydrogen) atoms. The van der Waals surface area contributed by atoms with Crippen molar-refractivity contribution in [1.82, 2.24) is 4.90 Å². The van der Waals surface area contributed by atoms with Crippen LogP contribution in [-0.4, -0.2) is 31.1 Å². The first-order valence-electron chi connectivity index (χ1n) is 7.47. The maximum Gasteiger partial charge on any atom is 0.349 e. The van der Waals surface area contributed by atoms with Gasteiger partial charge in [-0.25, -0.2) is 4.79 Å². The van der Waals surface area contributed by atoms with E-state index in [1.165, 1.54) is 21.2 Å². The first kappa shape index (κ1) is 16.8. The molecule has 1 aromatic heterocycles. The average Bonchev–Trinajstić information content (AvgIpc) is 2.73. The number of nitrogens with zero attached hydrogens (tertiary/aromatic N) is 1. The molecule has 0 unspecified atom stereocenters. The normalized spacial score (nSPS) is 15.7. The van der Waals surface area contributed by atoms with Crippen LogP contribution >= 0.6 is 34.5 Å². The smallest absolute Gasteiger partial charge is 0.349 e. The van der Waals surface area contributed by atoms with E-state index in [0.29, 0.717) is 6.61 Å². The summed E-state index contributed by atoms with van der Waals surface area (Å²) in [6.07, 6.45) is 2.64. The third-order valence-corrected chi connectivity index (χ3v) is 5.70. The fourth-order valence-electron chi connectivity index (χ4n) is 2.86. The van der Waals surface area contributed by atoms with E-state index in [1.54, 1.807) is 24.3 Å². The lowest BCUT2D eigenvalue weighted by molar-refractivity contribution is -0.137. The number of halogens is 2. The average molecular weight is 370 g/mol. The first-order valence-corrected chi connectivity index (χ1v) is 9.04. The molecule has 0 bridgehead atoms. The lowest BCUT2D eigenvalue weighted by Crippen LogP contribution is -2.18. The zero-order valence-corrected chi connectivity index (χ0v) is 15.3. The number of esters is 1. The minimum Gasteiger partial charge on any atom is -0.462 e. The summed E-state index contributed by atoms with van der Waals surface area (Å²) in [4.78, 5) is 15.0. The lowest BCUT2D eigenvalue weighted by Gasteiger charge is -2.13. The van der Waals surface area contributed by atoms with Crippen molar-refractivity contribution in [2.75, 3.05) is 20.2 Å². The second-order valence-corrected chi connectivity index (χ2v) is 7.44. The molecule has 122 valence electrons. The second kappa shape index (κ2) is 6.81. The Morgan fingerprint density at radius 2 is 2.22 bits per heavy atom. The molecule has 1 aromatic carbocycles. The Kier molecular flexibility index (Phi) is 4.97. The summed E-state index contributed by atoms with van der Waals surface area (Å²) in [5, 5.41) is 2.12. The van der Waals surface area contributed by atoms with Gasteiger partial charge in [-0.2, -0.15) is 0 Å². The highest BCUT2D eigenvalue weighted by Crippen LogP contribution is 2.40. The summed E-state index contributed by atoms with van der Waals surface area (Å²) in [6, 6.07) is 3.99. The van der Waals surface area contributed by atoms with E-state index in [-0.39, 0.29) is 5.03 Å². The highest BCUT2D eigenvalue weighted by molar-refractivity contribution is 7.20. The molecule has 0 spiro atoms. The Labute approximate surface area is 149 Å². The zero-order chi connectivity index (χ0) is 16.6. The lowest BCUT2D eigenvalue weighted by atomic mass is 10.0. The molecule has 3 nitrogen and oxygen atoms in total. The maximum atomic E-state index is 11.8. The summed E-state index contributed by atoms with van der Waals surface area (Å²) in [5.41, 5.74) is 2.37. The summed E-state index contributed by atoms with van der Waals surface area (Å²) in [5.74, 6) is -0.487. The van der Waals surface area contributed by atoms with Crippen LogP contribution in [0.4, 0.5) is 0 Å². The van der Waals surface area contributed by atoms with Crippen molar-refractivity contribution >= 4 is 56.7 Å². The quantitative estimate of drug-likeness (QED) is 0.580. The fourth-order valence-corrected chi connectivity index (χ4v) is 4.53. The van der Waals surface area contributed by atoms with Crippen LogP contribution < -0.4 is 0 Å². The Morgan fingerprint density at radius 3 is 2.96 bits per heavy atom. The van der Waals surface area contributed by atoms with Crippen LogP contribution in [0.1, 0.15) is 22.9 Å². The summed E-state index contributed by atoms with van der Waals surface area (Å²) in [7, 11) is 2.09. The molecule has 0 radical (unpaired) electrons. The molecule has 0 fully saturated rings. The molecular formula is C17H17Cl2NO2S. The number of hydrogen-bond donors (Lipinski definition) is 0. The minimum atomic E-state index is -0.487. The molecular weight excluding hydrogens is 353 g/mol. The molecule has 0 N–H and O–H groups in total. The fraction of sp³-hybridized carbons (Fsp3) is 0.353. The van der Waals surface area contributed by atoms with Crippen LogP contribution in [0.15, 0.2) is 17.2 Å². The van der Waals surface area contributed by atoms with Gasteiger partial charge >= 0.3 is 5.97 Å². The topological polar surface area (TPSA) is 29.5 Å². The van der Waals surface area contributed by atoms with Crippen molar-refractivity contribution in [2.45, 2.75) is 19.9 Å². The van der Waals surface area contributed by atoms with Crippen molar-refractivity contribution in [3.05, 3.63) is 38.2 Å². The van der Waals surface area contributed by atoms with E-state index in [4.69, 9.17) is 27.9 Å². The Bertz CT molecular complexity index is 797. The molecule has 6 heteroatoms. The second-order valence-electron chi connectivity index (χ2n) is 5.54. The van der Waals surface area contributed by atoms with Gasteiger partial charge in [-0.3, -0.25) is 0 Å². The Hall–Kier alpha value is -1.07. The highest BCUT2D eigenvalue weighted by Gasteiger charge is 2.22. The number of rotatable bonds is 3. The number of hydrogen-bond acceptors (Lipinski definition) is 4. The molecule has 0 saturated heterocycles. The van der Waals surface area contributed by atoms with Gasteiger partial charge < -0.3 is 9.64 Å². The first-order chi connectivity index (χ1) is 11.0. The van der Waals surface area contributed by atoms with Crippen molar-refractivity contribution in [1.29, 1.82) is 0 Å². The third-order valence-electron chi connectivity index (χ3n) is 3.94. The van der Waals surface area contributed by atoms with Crippen molar-refractivity contribution in [3.63, 3.8) is 0 Å². The van der Waals surface area contributed by atoms with Crippen LogP contribution in [0.3, 0.4) is 0 Å². The van der Waals surface area contributed by atoms with Gasteiger partial charge in [-0.1, -0.05) is 23.2 Å². The predicted octanol–water partition coefficient (Wildman–Crippen LogP) is 4.69. The monoisotopic (exact) mass is 369 g/mol. The van der Waals surface area contributed by atoms with E-state index < -0.39 is 5.97 Å². The summed E-state index contributed by atoms with van der Waals surface area (Å²) >= 11 is 14.2. The number of ether oxygens (including phenoxy) is 1. The number of carbonyl (C=O) groups is 1. The van der Waals surface area contributed by atoms with E-state index in [1.807, 2.05) is 12.1 Å². The van der Waals surface area contributed by atoms with Gasteiger partial charge in [0.05, 0.1) is 6.61 Å². The van der Waals surface area contributed by atoms with Gasteiger partial charge in [0, 0.05) is 33.1 Å². The van der Waals surface area contributed by atoms with Gasteiger partial charge in [-0.15, -0.1) is 11.3 Å². The van der Waals surface area contributed by atoms with Crippen molar-refractivity contribution in [3.8, 4) is 0 Å². The standard InChI is InChI=1S/C17H17Cl2NO2S/c1-3-22-17(21)13(19)8-15-11-9-20(2)7-6-10-12(18)4-5-14(23-15)16(10)11/h4-5,8H,3,6-7,9H2,1-2H3/b13-8+. The largest absolute Gasteiger partial charge is 0.462 e. The Balaban J connectivity index is 2.15. The van der Waals surface area contributed by atoms with Crippen LogP contribution in [-0.2, 0) is 22.5 Å². The van der Waals surface area contributed by atoms with Crippen molar-refractivity contribution in [2.24, 2.45) is 0 Å². The molecule has 0 amide bonds. The van der Waals surface area contributed by atoms with Crippen LogP contribution in [0.2, 0.25) is 5.02 Å². The minimum absolute atomic E-state index is 0.106. The molecule has 2 heterocycles. The molecule has 1 aliphatic heterocycles. The van der Waals surface area contributed by atoms with Crippen molar-refractivity contribution < 1.29 is 9.53 Å². The SMILES string of the molecule is CCOC(=O)/C(Cl)=C\c1sc2ccc(Cl)c3c2c1CN(C)CC3. The van der Waals surface area contributed by atoms with E-state index >= 15 is 0 Å². The van der Waals surface area contributed by atoms with E-state index in [0.717, 1.165) is 29.4 Å². The zero-order valence-electron chi connectivity index (χ0n) is 13.0. The number of thiophene rings is 1. The van der Waals surface area contributed by atoms with E-state index in [9.17, 15) is 4.79 Å². The summed E-state index contributed by atoms with van der Waals surface area (Å²) in [6.45, 7) is 3.84. The number of benzene rings is 1. The molecule has 0 saturated carbocycles. The van der Waals surface area contributed by atoms with Crippen LogP contribution in [0.5, 0.6) is 0 Å². The van der Waals surface area contributed by atoms with Crippen LogP contribution in [0.25, 0.3) is 16.2 Å². The van der Waals surface area contributed by atoms with Crippen LogP contribution in [0, 0.1) is 0 Å². The molecule has 0 aliphatic carbocycles. The van der Waals surface area contributed by atoms with Gasteiger partial charge in [0.2, 0.25) is 0 Å². The maximum absolute atomic E-state index is 11.8. The third kappa shape index (κ3) is 3.26. The molecule has 3 rings (SSSR count). The van der Waals surface area contributed by atoms with Gasteiger partial charge in [0.25, 0.3) is 0 Å². The number of likely N-dealkylation sites (N-methyl/N-ethyl adjacent to an activating group) is 1. The Morgan fingerprint density at radius 1 is 1.43 bits per heavy atom. The summed E-state index contributed by atoms with van der Waals surface area (Å²) < 4.78 is 6.14. The highest BCUT2D eigenvalue weighted by atomic mass is 35.5. The van der Waals surface area contributed by atoms with E-state index in [2.05, 4.69) is 11.9 Å². The van der Waals surface area contributed by atoms with Gasteiger partial charge in [-0.05, 0) is 49.7 Å². The molecule has 0 atom stereocenters. The molecule has 2 aromatic rings. The number of carbonyl (C=O) groups excluding carboxylic acids is 1. The molecule has 1 aliphatic rings.